The second-order valence-corrected chi connectivity index (χ2v) is 3.87. The zero-order valence-electron chi connectivity index (χ0n) is 10.9. The molecule has 0 aliphatic heterocycles. The highest BCUT2D eigenvalue weighted by Crippen LogP contribution is 2.07. The van der Waals surface area contributed by atoms with Crippen LogP contribution in [0.4, 0.5) is 5.69 Å². The van der Waals surface area contributed by atoms with Crippen LogP contribution in [0.15, 0.2) is 12.4 Å². The molecule has 1 amide bonds. The maximum absolute atomic E-state index is 11.5. The lowest BCUT2D eigenvalue weighted by Gasteiger charge is -2.05. The smallest absolute Gasteiger partial charge is 0.306 e. The molecule has 0 fully saturated rings. The number of nitrogens with one attached hydrogen (secondary N) is 1. The highest BCUT2D eigenvalue weighted by atomic mass is 16.6. The molecule has 0 atom stereocenters. The Morgan fingerprint density at radius 1 is 1.63 bits per heavy atom. The van der Waals surface area contributed by atoms with Gasteiger partial charge in [-0.15, -0.1) is 0 Å². The Morgan fingerprint density at radius 2 is 2.42 bits per heavy atom. The molecule has 19 heavy (non-hydrogen) atoms. The molecule has 0 bridgehead atoms. The zero-order chi connectivity index (χ0) is 14.1. The Balaban J connectivity index is 2.17. The largest absolute Gasteiger partial charge is 0.382 e. The van der Waals surface area contributed by atoms with Crippen LogP contribution in [-0.2, 0) is 16.1 Å². The number of carbonyl (C=O) groups excluding carboxylic acids is 1. The SMILES string of the molecule is CCOCCCNC(=O)CCn1cc([N+](=O)[O-])cn1. The summed E-state index contributed by atoms with van der Waals surface area (Å²) in [5.41, 5.74) is -0.0721. The summed E-state index contributed by atoms with van der Waals surface area (Å²) in [6, 6.07) is 0. The topological polar surface area (TPSA) is 99.3 Å². The molecular weight excluding hydrogens is 252 g/mol. The normalized spacial score (nSPS) is 10.4. The number of nitrogens with zero attached hydrogens (tertiary/aromatic N) is 3. The van der Waals surface area contributed by atoms with Crippen molar-refractivity contribution in [2.45, 2.75) is 26.3 Å². The summed E-state index contributed by atoms with van der Waals surface area (Å²) >= 11 is 0. The van der Waals surface area contributed by atoms with Crippen LogP contribution >= 0.6 is 0 Å². The van der Waals surface area contributed by atoms with Crippen LogP contribution in [0.5, 0.6) is 0 Å². The first-order chi connectivity index (χ1) is 9.13. The number of ether oxygens (including phenoxy) is 1. The summed E-state index contributed by atoms with van der Waals surface area (Å²) in [4.78, 5) is 21.4. The zero-order valence-corrected chi connectivity index (χ0v) is 10.9. The van der Waals surface area contributed by atoms with Crippen LogP contribution < -0.4 is 5.32 Å². The molecule has 0 aromatic carbocycles. The summed E-state index contributed by atoms with van der Waals surface area (Å²) in [7, 11) is 0. The van der Waals surface area contributed by atoms with Gasteiger partial charge in [0.2, 0.25) is 5.91 Å². The molecule has 0 aliphatic rings. The minimum atomic E-state index is -0.517. The van der Waals surface area contributed by atoms with Gasteiger partial charge in [-0.25, -0.2) is 0 Å². The van der Waals surface area contributed by atoms with Crippen LogP contribution in [0.2, 0.25) is 0 Å². The van der Waals surface area contributed by atoms with Gasteiger partial charge >= 0.3 is 5.69 Å². The first-order valence-electron chi connectivity index (χ1n) is 6.14. The Hall–Kier alpha value is -1.96. The number of carbonyl (C=O) groups is 1. The minimum Gasteiger partial charge on any atom is -0.382 e. The molecule has 8 nitrogen and oxygen atoms in total. The fourth-order valence-corrected chi connectivity index (χ4v) is 1.42. The Labute approximate surface area is 110 Å². The van der Waals surface area contributed by atoms with Gasteiger partial charge in [-0.2, -0.15) is 5.10 Å². The van der Waals surface area contributed by atoms with E-state index in [4.69, 9.17) is 4.74 Å². The van der Waals surface area contributed by atoms with Gasteiger partial charge in [0.15, 0.2) is 0 Å². The van der Waals surface area contributed by atoms with E-state index in [1.54, 1.807) is 0 Å². The predicted octanol–water partition coefficient (Wildman–Crippen LogP) is 0.724. The third kappa shape index (κ3) is 5.96. The average molecular weight is 270 g/mol. The average Bonchev–Trinajstić information content (AvgIpc) is 2.85. The van der Waals surface area contributed by atoms with Crippen molar-refractivity contribution < 1.29 is 14.5 Å². The molecule has 106 valence electrons. The van der Waals surface area contributed by atoms with Gasteiger partial charge in [0, 0.05) is 32.7 Å². The number of aryl methyl sites for hydroxylation is 1. The van der Waals surface area contributed by atoms with Gasteiger partial charge in [-0.1, -0.05) is 0 Å². The molecule has 0 radical (unpaired) electrons. The van der Waals surface area contributed by atoms with Crippen molar-refractivity contribution in [3.05, 3.63) is 22.5 Å². The highest BCUT2D eigenvalue weighted by Gasteiger charge is 2.09. The van der Waals surface area contributed by atoms with Gasteiger partial charge in [-0.05, 0) is 13.3 Å². The van der Waals surface area contributed by atoms with Crippen molar-refractivity contribution in [1.29, 1.82) is 0 Å². The molecule has 1 rings (SSSR count). The van der Waals surface area contributed by atoms with E-state index in [2.05, 4.69) is 10.4 Å². The monoisotopic (exact) mass is 270 g/mol. The Kier molecular flexibility index (Phi) is 6.51. The molecule has 1 heterocycles. The molecule has 1 N–H and O–H groups in total. The number of hydrogen-bond acceptors (Lipinski definition) is 5. The van der Waals surface area contributed by atoms with Crippen molar-refractivity contribution in [1.82, 2.24) is 15.1 Å². The van der Waals surface area contributed by atoms with E-state index < -0.39 is 4.92 Å². The number of amides is 1. The number of nitro groups is 1. The second kappa shape index (κ2) is 8.20. The third-order valence-electron chi connectivity index (χ3n) is 2.39. The van der Waals surface area contributed by atoms with Crippen LogP contribution in [-0.4, -0.2) is 40.4 Å². The van der Waals surface area contributed by atoms with Gasteiger partial charge in [-0.3, -0.25) is 19.6 Å². The summed E-state index contributed by atoms with van der Waals surface area (Å²) in [5, 5.41) is 17.0. The van der Waals surface area contributed by atoms with Crippen LogP contribution in [0.3, 0.4) is 0 Å². The first-order valence-corrected chi connectivity index (χ1v) is 6.14. The lowest BCUT2D eigenvalue weighted by atomic mass is 10.3. The molecule has 0 spiro atoms. The van der Waals surface area contributed by atoms with Gasteiger partial charge in [0.25, 0.3) is 0 Å². The van der Waals surface area contributed by atoms with Crippen molar-refractivity contribution in [3.8, 4) is 0 Å². The van der Waals surface area contributed by atoms with Crippen LogP contribution in [0, 0.1) is 10.1 Å². The lowest BCUT2D eigenvalue weighted by Crippen LogP contribution is -2.26. The first kappa shape index (κ1) is 15.1. The van der Waals surface area contributed by atoms with Crippen molar-refractivity contribution >= 4 is 11.6 Å². The van der Waals surface area contributed by atoms with E-state index in [1.165, 1.54) is 17.1 Å². The number of hydrogen-bond donors (Lipinski definition) is 1. The number of rotatable bonds is 9. The lowest BCUT2D eigenvalue weighted by molar-refractivity contribution is -0.385. The van der Waals surface area contributed by atoms with Gasteiger partial charge in [0.1, 0.15) is 12.4 Å². The molecule has 1 aromatic heterocycles. The van der Waals surface area contributed by atoms with E-state index in [1.807, 2.05) is 6.92 Å². The van der Waals surface area contributed by atoms with Crippen molar-refractivity contribution in [2.24, 2.45) is 0 Å². The fraction of sp³-hybridized carbons (Fsp3) is 0.636. The molecule has 1 aromatic rings. The van der Waals surface area contributed by atoms with Gasteiger partial charge in [0.05, 0.1) is 4.92 Å². The molecular formula is C11H18N4O4. The number of aromatic nitrogens is 2. The predicted molar refractivity (Wildman–Crippen MR) is 67.6 cm³/mol. The summed E-state index contributed by atoms with van der Waals surface area (Å²) in [5.74, 6) is -0.102. The third-order valence-corrected chi connectivity index (χ3v) is 2.39. The minimum absolute atomic E-state index is 0.0721. The fourth-order valence-electron chi connectivity index (χ4n) is 1.42. The van der Waals surface area contributed by atoms with E-state index in [0.29, 0.717) is 26.3 Å². The van der Waals surface area contributed by atoms with E-state index in [-0.39, 0.29) is 18.0 Å². The van der Waals surface area contributed by atoms with E-state index in [0.717, 1.165) is 6.42 Å². The summed E-state index contributed by atoms with van der Waals surface area (Å²) in [6.07, 6.45) is 3.49. The maximum atomic E-state index is 11.5. The molecule has 0 aliphatic carbocycles. The molecule has 0 unspecified atom stereocenters. The second-order valence-electron chi connectivity index (χ2n) is 3.87. The molecule has 8 heteroatoms. The van der Waals surface area contributed by atoms with Crippen LogP contribution in [0.25, 0.3) is 0 Å². The van der Waals surface area contributed by atoms with Crippen molar-refractivity contribution in [3.63, 3.8) is 0 Å². The Morgan fingerprint density at radius 3 is 3.05 bits per heavy atom. The van der Waals surface area contributed by atoms with Gasteiger partial charge < -0.3 is 10.1 Å². The van der Waals surface area contributed by atoms with E-state index in [9.17, 15) is 14.9 Å². The van der Waals surface area contributed by atoms with E-state index >= 15 is 0 Å². The molecule has 0 saturated heterocycles. The Bertz CT molecular complexity index is 419. The maximum Gasteiger partial charge on any atom is 0.306 e. The summed E-state index contributed by atoms with van der Waals surface area (Å²) in [6.45, 7) is 4.11. The quantitative estimate of drug-likeness (QED) is 0.405. The molecule has 0 saturated carbocycles. The highest BCUT2D eigenvalue weighted by molar-refractivity contribution is 5.75. The standard InChI is InChI=1S/C11H18N4O4/c1-2-19-7-3-5-12-11(16)4-6-14-9-10(8-13-14)15(17)18/h8-9H,2-7H2,1H3,(H,12,16). The summed E-state index contributed by atoms with van der Waals surface area (Å²) < 4.78 is 6.53. The van der Waals surface area contributed by atoms with Crippen LogP contribution in [0.1, 0.15) is 19.8 Å². The van der Waals surface area contributed by atoms with Crippen molar-refractivity contribution in [2.75, 3.05) is 19.8 Å².